The van der Waals surface area contributed by atoms with Crippen LogP contribution in [0.25, 0.3) is 10.8 Å². The fourth-order valence-corrected chi connectivity index (χ4v) is 2.38. The summed E-state index contributed by atoms with van der Waals surface area (Å²) in [5.41, 5.74) is 0.932. The summed E-state index contributed by atoms with van der Waals surface area (Å²) in [5.74, 6) is -0.432. The predicted octanol–water partition coefficient (Wildman–Crippen LogP) is 1.63. The molecule has 5 nitrogen and oxygen atoms in total. The van der Waals surface area contributed by atoms with E-state index in [9.17, 15) is 14.7 Å². The Hall–Kier alpha value is -2.40. The molecular formula is C19H24N2O3. The van der Waals surface area contributed by atoms with Crippen LogP contribution in [0.4, 0.5) is 0 Å². The molecule has 5 heteroatoms. The highest BCUT2D eigenvalue weighted by Gasteiger charge is 2.12. The van der Waals surface area contributed by atoms with E-state index in [4.69, 9.17) is 0 Å². The Balaban J connectivity index is 1.84. The number of aliphatic hydroxyl groups is 1. The number of nitrogens with one attached hydrogen (secondary N) is 2. The maximum absolute atomic E-state index is 12.1. The lowest BCUT2D eigenvalue weighted by Gasteiger charge is -2.15. The van der Waals surface area contributed by atoms with Crippen LogP contribution in [0.2, 0.25) is 0 Å². The topological polar surface area (TPSA) is 78.4 Å². The van der Waals surface area contributed by atoms with Crippen molar-refractivity contribution in [3.8, 4) is 0 Å². The van der Waals surface area contributed by atoms with Crippen molar-refractivity contribution in [2.45, 2.75) is 26.4 Å². The van der Waals surface area contributed by atoms with Crippen LogP contribution in [0.1, 0.15) is 19.4 Å². The van der Waals surface area contributed by atoms with Gasteiger partial charge in [0.2, 0.25) is 11.8 Å². The van der Waals surface area contributed by atoms with E-state index in [0.29, 0.717) is 0 Å². The van der Waals surface area contributed by atoms with Crippen LogP contribution in [0.15, 0.2) is 42.5 Å². The SMILES string of the molecule is CC(C)C(O)CNC(=O)CNC(=O)Cc1cccc2ccccc12. The van der Waals surface area contributed by atoms with Gasteiger partial charge in [0.05, 0.1) is 19.1 Å². The Morgan fingerprint density at radius 3 is 2.46 bits per heavy atom. The molecule has 24 heavy (non-hydrogen) atoms. The molecule has 0 fully saturated rings. The molecule has 0 aromatic heterocycles. The lowest BCUT2D eigenvalue weighted by Crippen LogP contribution is -2.41. The lowest BCUT2D eigenvalue weighted by molar-refractivity contribution is -0.126. The molecular weight excluding hydrogens is 304 g/mol. The molecule has 2 rings (SSSR count). The summed E-state index contributed by atoms with van der Waals surface area (Å²) in [7, 11) is 0. The van der Waals surface area contributed by atoms with Gasteiger partial charge in [0, 0.05) is 6.54 Å². The van der Waals surface area contributed by atoms with Crippen molar-refractivity contribution in [3.05, 3.63) is 48.0 Å². The van der Waals surface area contributed by atoms with Crippen molar-refractivity contribution < 1.29 is 14.7 Å². The molecule has 3 N–H and O–H groups in total. The van der Waals surface area contributed by atoms with Crippen LogP contribution < -0.4 is 10.6 Å². The molecule has 0 saturated carbocycles. The highest BCUT2D eigenvalue weighted by Crippen LogP contribution is 2.18. The number of fused-ring (bicyclic) bond motifs is 1. The van der Waals surface area contributed by atoms with Gasteiger partial charge in [-0.25, -0.2) is 0 Å². The van der Waals surface area contributed by atoms with Gasteiger partial charge in [-0.15, -0.1) is 0 Å². The van der Waals surface area contributed by atoms with Gasteiger partial charge in [-0.05, 0) is 22.3 Å². The molecule has 0 aliphatic heterocycles. The van der Waals surface area contributed by atoms with Crippen LogP contribution >= 0.6 is 0 Å². The summed E-state index contributed by atoms with van der Waals surface area (Å²) in [6.45, 7) is 3.86. The Morgan fingerprint density at radius 1 is 1.00 bits per heavy atom. The van der Waals surface area contributed by atoms with E-state index in [-0.39, 0.29) is 37.2 Å². The minimum Gasteiger partial charge on any atom is -0.391 e. The van der Waals surface area contributed by atoms with Crippen LogP contribution in [-0.4, -0.2) is 36.1 Å². The maximum atomic E-state index is 12.1. The van der Waals surface area contributed by atoms with E-state index in [0.717, 1.165) is 16.3 Å². The smallest absolute Gasteiger partial charge is 0.239 e. The van der Waals surface area contributed by atoms with E-state index in [1.165, 1.54) is 0 Å². The molecule has 0 saturated heterocycles. The second-order valence-electron chi connectivity index (χ2n) is 6.21. The first-order valence-electron chi connectivity index (χ1n) is 8.15. The van der Waals surface area contributed by atoms with Crippen LogP contribution in [0, 0.1) is 5.92 Å². The highest BCUT2D eigenvalue weighted by molar-refractivity contribution is 5.91. The monoisotopic (exact) mass is 328 g/mol. The Bertz CT molecular complexity index is 707. The van der Waals surface area contributed by atoms with E-state index in [1.54, 1.807) is 0 Å². The van der Waals surface area contributed by atoms with Crippen molar-refractivity contribution in [2.24, 2.45) is 5.92 Å². The zero-order valence-corrected chi connectivity index (χ0v) is 14.1. The largest absolute Gasteiger partial charge is 0.391 e. The van der Waals surface area contributed by atoms with Crippen molar-refractivity contribution in [3.63, 3.8) is 0 Å². The molecule has 0 bridgehead atoms. The first kappa shape index (κ1) is 17.9. The lowest BCUT2D eigenvalue weighted by atomic mass is 10.0. The summed E-state index contributed by atoms with van der Waals surface area (Å²) in [5, 5.41) is 17.0. The minimum absolute atomic E-state index is 0.0752. The van der Waals surface area contributed by atoms with E-state index < -0.39 is 6.10 Å². The number of amides is 2. The number of carbonyl (C=O) groups excluding carboxylic acids is 2. The van der Waals surface area contributed by atoms with Crippen LogP contribution in [0.5, 0.6) is 0 Å². The number of hydrogen-bond donors (Lipinski definition) is 3. The summed E-state index contributed by atoms with van der Waals surface area (Å²) >= 11 is 0. The zero-order valence-electron chi connectivity index (χ0n) is 14.1. The van der Waals surface area contributed by atoms with E-state index >= 15 is 0 Å². The second kappa shape index (κ2) is 8.45. The highest BCUT2D eigenvalue weighted by atomic mass is 16.3. The van der Waals surface area contributed by atoms with Crippen molar-refractivity contribution in [1.29, 1.82) is 0 Å². The molecule has 0 radical (unpaired) electrons. The molecule has 2 aromatic carbocycles. The zero-order chi connectivity index (χ0) is 17.5. The Morgan fingerprint density at radius 2 is 1.71 bits per heavy atom. The first-order chi connectivity index (χ1) is 11.5. The summed E-state index contributed by atoms with van der Waals surface area (Å²) < 4.78 is 0. The molecule has 1 atom stereocenters. The quantitative estimate of drug-likeness (QED) is 0.723. The average molecular weight is 328 g/mol. The fraction of sp³-hybridized carbons (Fsp3) is 0.368. The number of hydrogen-bond acceptors (Lipinski definition) is 3. The summed E-state index contributed by atoms with van der Waals surface area (Å²) in [6.07, 6.45) is -0.358. The Labute approximate surface area is 142 Å². The maximum Gasteiger partial charge on any atom is 0.239 e. The molecule has 2 aromatic rings. The van der Waals surface area contributed by atoms with Gasteiger partial charge >= 0.3 is 0 Å². The van der Waals surface area contributed by atoms with Gasteiger partial charge in [0.25, 0.3) is 0 Å². The van der Waals surface area contributed by atoms with Gasteiger partial charge in [0.1, 0.15) is 0 Å². The van der Waals surface area contributed by atoms with Crippen molar-refractivity contribution >= 4 is 22.6 Å². The van der Waals surface area contributed by atoms with Gasteiger partial charge in [-0.2, -0.15) is 0 Å². The fourth-order valence-electron chi connectivity index (χ4n) is 2.38. The second-order valence-corrected chi connectivity index (χ2v) is 6.21. The van der Waals surface area contributed by atoms with Gasteiger partial charge in [-0.1, -0.05) is 56.3 Å². The third kappa shape index (κ3) is 5.06. The molecule has 2 amide bonds. The van der Waals surface area contributed by atoms with E-state index in [2.05, 4.69) is 10.6 Å². The average Bonchev–Trinajstić information content (AvgIpc) is 2.58. The molecule has 0 spiro atoms. The van der Waals surface area contributed by atoms with Crippen molar-refractivity contribution in [2.75, 3.05) is 13.1 Å². The number of carbonyl (C=O) groups is 2. The molecule has 1 unspecified atom stereocenters. The normalized spacial score (nSPS) is 12.2. The molecule has 0 aliphatic carbocycles. The van der Waals surface area contributed by atoms with Crippen molar-refractivity contribution in [1.82, 2.24) is 10.6 Å². The van der Waals surface area contributed by atoms with Crippen LogP contribution in [0.3, 0.4) is 0 Å². The van der Waals surface area contributed by atoms with Gasteiger partial charge in [-0.3, -0.25) is 9.59 Å². The predicted molar refractivity (Wildman–Crippen MR) is 94.5 cm³/mol. The Kier molecular flexibility index (Phi) is 6.32. The third-order valence-electron chi connectivity index (χ3n) is 3.95. The number of rotatable bonds is 7. The molecule has 0 aliphatic rings. The first-order valence-corrected chi connectivity index (χ1v) is 8.15. The van der Waals surface area contributed by atoms with Gasteiger partial charge in [0.15, 0.2) is 0 Å². The van der Waals surface area contributed by atoms with E-state index in [1.807, 2.05) is 56.3 Å². The number of aliphatic hydroxyl groups excluding tert-OH is 1. The minimum atomic E-state index is -0.583. The molecule has 128 valence electrons. The third-order valence-corrected chi connectivity index (χ3v) is 3.95. The summed E-state index contributed by atoms with van der Waals surface area (Å²) in [6, 6.07) is 13.7. The molecule has 0 heterocycles. The standard InChI is InChI=1S/C19H24N2O3/c1-13(2)17(22)11-20-19(24)12-21-18(23)10-15-8-5-7-14-6-3-4-9-16(14)15/h3-9,13,17,22H,10-12H2,1-2H3,(H,20,24)(H,21,23). The van der Waals surface area contributed by atoms with Crippen LogP contribution in [-0.2, 0) is 16.0 Å². The van der Waals surface area contributed by atoms with Gasteiger partial charge < -0.3 is 15.7 Å². The summed E-state index contributed by atoms with van der Waals surface area (Å²) in [4.78, 5) is 23.8. The number of benzene rings is 2.